The van der Waals surface area contributed by atoms with E-state index < -0.39 is 15.8 Å². The molecule has 1 aromatic carbocycles. The van der Waals surface area contributed by atoms with Gasteiger partial charge in [-0.05, 0) is 37.6 Å². The monoisotopic (exact) mass is 410 g/mol. The van der Waals surface area contributed by atoms with Crippen LogP contribution in [0, 0.1) is 5.82 Å². The number of rotatable bonds is 7. The number of hydrogen-bond donors (Lipinski definition) is 0. The topological polar surface area (TPSA) is 84.9 Å². The molecule has 0 saturated carbocycles. The van der Waals surface area contributed by atoms with Crippen LogP contribution < -0.4 is 14.4 Å². The van der Waals surface area contributed by atoms with Crippen LogP contribution in [-0.4, -0.2) is 62.8 Å². The summed E-state index contributed by atoms with van der Waals surface area (Å²) >= 11 is 0. The molecule has 28 heavy (non-hydrogen) atoms. The molecule has 1 saturated heterocycles. The van der Waals surface area contributed by atoms with E-state index in [1.165, 1.54) is 16.4 Å². The molecule has 10 heteroatoms. The van der Waals surface area contributed by atoms with Crippen LogP contribution in [0.2, 0.25) is 0 Å². The molecule has 0 amide bonds. The Kier molecular flexibility index (Phi) is 5.99. The number of halogens is 1. The molecule has 1 atom stereocenters. The molecule has 2 aromatic rings. The molecule has 0 N–H and O–H groups in total. The predicted molar refractivity (Wildman–Crippen MR) is 102 cm³/mol. The zero-order valence-corrected chi connectivity index (χ0v) is 16.8. The van der Waals surface area contributed by atoms with E-state index in [0.29, 0.717) is 24.7 Å². The molecule has 1 fully saturated rings. The molecule has 0 radical (unpaired) electrons. The second-order valence-electron chi connectivity index (χ2n) is 6.54. The van der Waals surface area contributed by atoms with Crippen LogP contribution in [0.15, 0.2) is 35.2 Å². The standard InChI is InChI=1S/C18H23FN4O4S/c1-4-26-16-6-5-14(11-15(16)19)28(24,25)23-10-9-13(12-23)27-18-8-7-17(20-21-18)22(2)3/h5-8,11,13H,4,9-10,12H2,1-3H3. The van der Waals surface area contributed by atoms with Crippen molar-refractivity contribution in [2.45, 2.75) is 24.3 Å². The molecule has 1 unspecified atom stereocenters. The summed E-state index contributed by atoms with van der Waals surface area (Å²) in [5.41, 5.74) is 0. The van der Waals surface area contributed by atoms with Gasteiger partial charge in [0.1, 0.15) is 6.10 Å². The van der Waals surface area contributed by atoms with Crippen LogP contribution in [0.5, 0.6) is 11.6 Å². The Bertz CT molecular complexity index is 922. The van der Waals surface area contributed by atoms with Gasteiger partial charge in [0.25, 0.3) is 0 Å². The average molecular weight is 410 g/mol. The third-order valence-corrected chi connectivity index (χ3v) is 6.18. The number of nitrogens with zero attached hydrogens (tertiary/aromatic N) is 4. The third kappa shape index (κ3) is 4.33. The first kappa shape index (κ1) is 20.3. The van der Waals surface area contributed by atoms with Crippen molar-refractivity contribution in [1.29, 1.82) is 0 Å². The molecule has 1 aliphatic heterocycles. The molecule has 3 rings (SSSR count). The highest BCUT2D eigenvalue weighted by Crippen LogP contribution is 2.27. The summed E-state index contributed by atoms with van der Waals surface area (Å²) in [4.78, 5) is 1.71. The van der Waals surface area contributed by atoms with E-state index in [1.807, 2.05) is 19.0 Å². The van der Waals surface area contributed by atoms with Crippen molar-refractivity contribution in [1.82, 2.24) is 14.5 Å². The lowest BCUT2D eigenvalue weighted by Crippen LogP contribution is -2.31. The summed E-state index contributed by atoms with van der Waals surface area (Å²) in [5.74, 6) is 0.359. The van der Waals surface area contributed by atoms with E-state index in [0.717, 1.165) is 6.07 Å². The van der Waals surface area contributed by atoms with Crippen molar-refractivity contribution in [2.24, 2.45) is 0 Å². The lowest BCUT2D eigenvalue weighted by atomic mass is 10.3. The van der Waals surface area contributed by atoms with Gasteiger partial charge >= 0.3 is 0 Å². The zero-order chi connectivity index (χ0) is 20.3. The minimum Gasteiger partial charge on any atom is -0.491 e. The summed E-state index contributed by atoms with van der Waals surface area (Å²) in [7, 11) is -0.111. The molecule has 2 heterocycles. The van der Waals surface area contributed by atoms with Crippen LogP contribution in [0.1, 0.15) is 13.3 Å². The van der Waals surface area contributed by atoms with Crippen molar-refractivity contribution in [3.05, 3.63) is 36.1 Å². The van der Waals surface area contributed by atoms with Crippen molar-refractivity contribution < 1.29 is 22.3 Å². The van der Waals surface area contributed by atoms with E-state index in [-0.39, 0.29) is 29.8 Å². The molecular formula is C18H23FN4O4S. The summed E-state index contributed by atoms with van der Waals surface area (Å²) < 4.78 is 51.8. The minimum absolute atomic E-state index is 0.0313. The number of benzene rings is 1. The fourth-order valence-electron chi connectivity index (χ4n) is 2.86. The van der Waals surface area contributed by atoms with Gasteiger partial charge in [-0.2, -0.15) is 4.31 Å². The van der Waals surface area contributed by atoms with E-state index in [1.54, 1.807) is 19.1 Å². The first-order valence-corrected chi connectivity index (χ1v) is 10.4. The van der Waals surface area contributed by atoms with Crippen LogP contribution in [0.25, 0.3) is 0 Å². The SMILES string of the molecule is CCOc1ccc(S(=O)(=O)N2CCC(Oc3ccc(N(C)C)nn3)C2)cc1F. The Balaban J connectivity index is 1.67. The number of hydrogen-bond acceptors (Lipinski definition) is 7. The van der Waals surface area contributed by atoms with Gasteiger partial charge in [-0.25, -0.2) is 12.8 Å². The largest absolute Gasteiger partial charge is 0.491 e. The van der Waals surface area contributed by atoms with E-state index in [4.69, 9.17) is 9.47 Å². The predicted octanol–water partition coefficient (Wildman–Crippen LogP) is 1.92. The maximum atomic E-state index is 14.1. The van der Waals surface area contributed by atoms with Gasteiger partial charge in [0, 0.05) is 26.7 Å². The van der Waals surface area contributed by atoms with Gasteiger partial charge < -0.3 is 14.4 Å². The Morgan fingerprint density at radius 2 is 2.04 bits per heavy atom. The Morgan fingerprint density at radius 3 is 2.64 bits per heavy atom. The molecule has 0 bridgehead atoms. The minimum atomic E-state index is -3.82. The summed E-state index contributed by atoms with van der Waals surface area (Å²) in [5, 5.41) is 8.04. The molecule has 0 aliphatic carbocycles. The highest BCUT2D eigenvalue weighted by atomic mass is 32.2. The summed E-state index contributed by atoms with van der Waals surface area (Å²) in [6.45, 7) is 2.47. The number of ether oxygens (including phenoxy) is 2. The van der Waals surface area contributed by atoms with Gasteiger partial charge in [-0.15, -0.1) is 10.2 Å². The first-order chi connectivity index (χ1) is 13.3. The number of anilines is 1. The van der Waals surface area contributed by atoms with Crippen molar-refractivity contribution in [3.8, 4) is 11.6 Å². The lowest BCUT2D eigenvalue weighted by molar-refractivity contribution is 0.204. The van der Waals surface area contributed by atoms with Gasteiger partial charge in [0.15, 0.2) is 17.4 Å². The van der Waals surface area contributed by atoms with E-state index in [2.05, 4.69) is 10.2 Å². The third-order valence-electron chi connectivity index (χ3n) is 4.32. The molecule has 1 aromatic heterocycles. The Morgan fingerprint density at radius 1 is 1.25 bits per heavy atom. The van der Waals surface area contributed by atoms with Crippen LogP contribution >= 0.6 is 0 Å². The van der Waals surface area contributed by atoms with Gasteiger partial charge in [-0.1, -0.05) is 0 Å². The van der Waals surface area contributed by atoms with Gasteiger partial charge in [0.05, 0.1) is 18.0 Å². The van der Waals surface area contributed by atoms with Gasteiger partial charge in [-0.3, -0.25) is 0 Å². The molecule has 0 spiro atoms. The highest BCUT2D eigenvalue weighted by Gasteiger charge is 2.34. The maximum Gasteiger partial charge on any atom is 0.243 e. The molecule has 152 valence electrons. The quantitative estimate of drug-likeness (QED) is 0.689. The maximum absolute atomic E-state index is 14.1. The fraction of sp³-hybridized carbons (Fsp3) is 0.444. The van der Waals surface area contributed by atoms with Gasteiger partial charge in [0.2, 0.25) is 15.9 Å². The first-order valence-electron chi connectivity index (χ1n) is 8.91. The van der Waals surface area contributed by atoms with E-state index >= 15 is 0 Å². The van der Waals surface area contributed by atoms with Crippen molar-refractivity contribution in [3.63, 3.8) is 0 Å². The Hall–Kier alpha value is -2.46. The normalized spacial score (nSPS) is 17.5. The van der Waals surface area contributed by atoms with Crippen molar-refractivity contribution >= 4 is 15.8 Å². The number of sulfonamides is 1. The molecule has 1 aliphatic rings. The lowest BCUT2D eigenvalue weighted by Gasteiger charge is -2.17. The van der Waals surface area contributed by atoms with Crippen LogP contribution in [-0.2, 0) is 10.0 Å². The van der Waals surface area contributed by atoms with Crippen LogP contribution in [0.4, 0.5) is 10.2 Å². The second kappa shape index (κ2) is 8.27. The zero-order valence-electron chi connectivity index (χ0n) is 16.0. The highest BCUT2D eigenvalue weighted by molar-refractivity contribution is 7.89. The average Bonchev–Trinajstić information content (AvgIpc) is 3.13. The smallest absolute Gasteiger partial charge is 0.243 e. The molecule has 8 nitrogen and oxygen atoms in total. The Labute approximate surface area is 163 Å². The summed E-state index contributed by atoms with van der Waals surface area (Å²) in [6.07, 6.45) is 0.164. The van der Waals surface area contributed by atoms with E-state index in [9.17, 15) is 12.8 Å². The number of aromatic nitrogens is 2. The summed E-state index contributed by atoms with van der Waals surface area (Å²) in [6, 6.07) is 7.14. The van der Waals surface area contributed by atoms with Crippen molar-refractivity contribution in [2.75, 3.05) is 38.7 Å². The fourth-order valence-corrected chi connectivity index (χ4v) is 4.36. The van der Waals surface area contributed by atoms with Crippen LogP contribution in [0.3, 0.4) is 0 Å². The molecular weight excluding hydrogens is 387 g/mol. The second-order valence-corrected chi connectivity index (χ2v) is 8.48.